The van der Waals surface area contributed by atoms with E-state index in [-0.39, 0.29) is 5.41 Å². The average Bonchev–Trinajstić information content (AvgIpc) is 2.30. The average molecular weight is 154 g/mol. The molecule has 0 spiro atoms. The Morgan fingerprint density at radius 3 is 2.82 bits per heavy atom. The highest BCUT2D eigenvalue weighted by Crippen LogP contribution is 2.41. The molecule has 11 heavy (non-hydrogen) atoms. The Hall–Kier alpha value is -0.460. The summed E-state index contributed by atoms with van der Waals surface area (Å²) in [5.41, 5.74) is 0.121. The van der Waals surface area contributed by atoms with Crippen molar-refractivity contribution in [2.24, 2.45) is 5.41 Å². The van der Waals surface area contributed by atoms with Crippen LogP contribution in [0.2, 0.25) is 0 Å². The molecule has 0 fully saturated rings. The summed E-state index contributed by atoms with van der Waals surface area (Å²) < 4.78 is 0. The Morgan fingerprint density at radius 1 is 1.64 bits per heavy atom. The third-order valence-electron chi connectivity index (χ3n) is 2.73. The predicted octanol–water partition coefficient (Wildman–Crippen LogP) is 3.42. The molecule has 1 heteroatoms. The zero-order valence-electron chi connectivity index (χ0n) is 7.56. The third-order valence-corrected chi connectivity index (χ3v) is 2.73. The van der Waals surface area contributed by atoms with Crippen molar-refractivity contribution in [2.75, 3.05) is 0 Å². The van der Waals surface area contributed by atoms with Crippen molar-refractivity contribution >= 4 is 0 Å². The van der Waals surface area contributed by atoms with Gasteiger partial charge in [0, 0.05) is 5.41 Å². The molecule has 1 nitrogen and oxygen atoms in total. The molecular formula is C10H18O. The van der Waals surface area contributed by atoms with Crippen molar-refractivity contribution in [3.8, 4) is 0 Å². The molecule has 1 rings (SSSR count). The Bertz CT molecular complexity index is 160. The second-order valence-corrected chi connectivity index (χ2v) is 3.79. The lowest BCUT2D eigenvalue weighted by molar-refractivity contribution is 0.227. The van der Waals surface area contributed by atoms with Crippen LogP contribution >= 0.6 is 0 Å². The number of hydrogen-bond donors (Lipinski definition) is 1. The van der Waals surface area contributed by atoms with Crippen LogP contribution in [0.1, 0.15) is 46.0 Å². The van der Waals surface area contributed by atoms with Gasteiger partial charge in [-0.1, -0.05) is 26.7 Å². The minimum Gasteiger partial charge on any atom is -0.512 e. The monoisotopic (exact) mass is 154 g/mol. The van der Waals surface area contributed by atoms with Crippen molar-refractivity contribution in [1.82, 2.24) is 0 Å². The maximum absolute atomic E-state index is 9.54. The Balaban J connectivity index is 2.46. The van der Waals surface area contributed by atoms with Crippen molar-refractivity contribution in [1.29, 1.82) is 0 Å². The van der Waals surface area contributed by atoms with Gasteiger partial charge in [-0.05, 0) is 25.3 Å². The summed E-state index contributed by atoms with van der Waals surface area (Å²) in [6, 6.07) is 0. The van der Waals surface area contributed by atoms with Crippen molar-refractivity contribution in [3.63, 3.8) is 0 Å². The molecule has 0 aromatic rings. The molecule has 1 unspecified atom stereocenters. The number of allylic oxidation sites excluding steroid dienone is 2. The van der Waals surface area contributed by atoms with E-state index in [2.05, 4.69) is 13.8 Å². The molecule has 0 aliphatic heterocycles. The van der Waals surface area contributed by atoms with Crippen molar-refractivity contribution in [2.45, 2.75) is 46.0 Å². The fourth-order valence-corrected chi connectivity index (χ4v) is 1.72. The zero-order valence-corrected chi connectivity index (χ0v) is 7.56. The smallest absolute Gasteiger partial charge is 0.0941 e. The van der Waals surface area contributed by atoms with Gasteiger partial charge in [-0.25, -0.2) is 0 Å². The Kier molecular flexibility index (Phi) is 2.58. The molecule has 1 aliphatic carbocycles. The fourth-order valence-electron chi connectivity index (χ4n) is 1.72. The molecule has 0 saturated carbocycles. The van der Waals surface area contributed by atoms with Crippen LogP contribution in [-0.4, -0.2) is 5.11 Å². The molecular weight excluding hydrogens is 136 g/mol. The van der Waals surface area contributed by atoms with E-state index in [0.29, 0.717) is 5.76 Å². The minimum atomic E-state index is 0.121. The molecule has 0 amide bonds. The first-order chi connectivity index (χ1) is 5.19. The summed E-state index contributed by atoms with van der Waals surface area (Å²) in [6.45, 7) is 4.36. The molecule has 0 aromatic heterocycles. The standard InChI is InChI=1S/C10H18O/c1-3-4-7-10(2)8-5-6-9(10)11/h6,11H,3-5,7-8H2,1-2H3. The van der Waals surface area contributed by atoms with Crippen LogP contribution in [0.25, 0.3) is 0 Å². The Labute approximate surface area is 69.1 Å². The third kappa shape index (κ3) is 1.76. The van der Waals surface area contributed by atoms with Gasteiger partial charge in [0.1, 0.15) is 0 Å². The van der Waals surface area contributed by atoms with Crippen LogP contribution in [0.5, 0.6) is 0 Å². The summed E-state index contributed by atoms with van der Waals surface area (Å²) in [5, 5.41) is 9.54. The van der Waals surface area contributed by atoms with E-state index in [1.54, 1.807) is 0 Å². The zero-order chi connectivity index (χ0) is 8.32. The lowest BCUT2D eigenvalue weighted by Gasteiger charge is -2.23. The highest BCUT2D eigenvalue weighted by Gasteiger charge is 2.31. The van der Waals surface area contributed by atoms with Crippen molar-refractivity contribution < 1.29 is 5.11 Å². The van der Waals surface area contributed by atoms with Gasteiger partial charge in [-0.3, -0.25) is 0 Å². The van der Waals surface area contributed by atoms with E-state index in [4.69, 9.17) is 0 Å². The molecule has 0 bridgehead atoms. The lowest BCUT2D eigenvalue weighted by atomic mass is 9.83. The van der Waals surface area contributed by atoms with Crippen LogP contribution in [0.15, 0.2) is 11.8 Å². The van der Waals surface area contributed by atoms with Gasteiger partial charge in [-0.2, -0.15) is 0 Å². The van der Waals surface area contributed by atoms with Crippen LogP contribution in [0.3, 0.4) is 0 Å². The summed E-state index contributed by atoms with van der Waals surface area (Å²) in [4.78, 5) is 0. The molecule has 0 radical (unpaired) electrons. The number of aliphatic hydroxyl groups excluding tert-OH is 1. The highest BCUT2D eigenvalue weighted by atomic mass is 16.3. The lowest BCUT2D eigenvalue weighted by Crippen LogP contribution is -2.14. The van der Waals surface area contributed by atoms with E-state index in [9.17, 15) is 5.11 Å². The highest BCUT2D eigenvalue weighted by molar-refractivity contribution is 5.11. The summed E-state index contributed by atoms with van der Waals surface area (Å²) >= 11 is 0. The van der Waals surface area contributed by atoms with Gasteiger partial charge >= 0.3 is 0 Å². The second-order valence-electron chi connectivity index (χ2n) is 3.79. The SMILES string of the molecule is CCCCC1(C)CCC=C1O. The number of hydrogen-bond acceptors (Lipinski definition) is 1. The van der Waals surface area contributed by atoms with E-state index in [0.717, 1.165) is 19.3 Å². The van der Waals surface area contributed by atoms with Crippen molar-refractivity contribution in [3.05, 3.63) is 11.8 Å². The van der Waals surface area contributed by atoms with Gasteiger partial charge in [-0.15, -0.1) is 0 Å². The first kappa shape index (κ1) is 8.63. The second kappa shape index (κ2) is 3.29. The fraction of sp³-hybridized carbons (Fsp3) is 0.800. The van der Waals surface area contributed by atoms with E-state index >= 15 is 0 Å². The summed E-state index contributed by atoms with van der Waals surface area (Å²) in [7, 11) is 0. The molecule has 0 heterocycles. The Morgan fingerprint density at radius 2 is 2.36 bits per heavy atom. The van der Waals surface area contributed by atoms with Gasteiger partial charge in [0.25, 0.3) is 0 Å². The largest absolute Gasteiger partial charge is 0.512 e. The summed E-state index contributed by atoms with van der Waals surface area (Å²) in [6.07, 6.45) is 7.77. The van der Waals surface area contributed by atoms with Crippen LogP contribution in [-0.2, 0) is 0 Å². The molecule has 0 saturated heterocycles. The first-order valence-corrected chi connectivity index (χ1v) is 4.58. The summed E-state index contributed by atoms with van der Waals surface area (Å²) in [5.74, 6) is 0.631. The van der Waals surface area contributed by atoms with E-state index < -0.39 is 0 Å². The van der Waals surface area contributed by atoms with E-state index in [1.807, 2.05) is 6.08 Å². The molecule has 0 aromatic carbocycles. The van der Waals surface area contributed by atoms with Gasteiger partial charge < -0.3 is 5.11 Å². The number of rotatable bonds is 3. The normalized spacial score (nSPS) is 30.5. The predicted molar refractivity (Wildman–Crippen MR) is 47.6 cm³/mol. The van der Waals surface area contributed by atoms with E-state index in [1.165, 1.54) is 12.8 Å². The first-order valence-electron chi connectivity index (χ1n) is 4.58. The molecule has 64 valence electrons. The topological polar surface area (TPSA) is 20.2 Å². The number of unbranched alkanes of at least 4 members (excludes halogenated alkanes) is 1. The van der Waals surface area contributed by atoms with Gasteiger partial charge in [0.2, 0.25) is 0 Å². The van der Waals surface area contributed by atoms with Crippen LogP contribution in [0.4, 0.5) is 0 Å². The maximum atomic E-state index is 9.54. The molecule has 1 N–H and O–H groups in total. The quantitative estimate of drug-likeness (QED) is 0.660. The number of aliphatic hydroxyl groups is 1. The van der Waals surface area contributed by atoms with Gasteiger partial charge in [0.05, 0.1) is 5.76 Å². The minimum absolute atomic E-state index is 0.121. The maximum Gasteiger partial charge on any atom is 0.0941 e. The van der Waals surface area contributed by atoms with Gasteiger partial charge in [0.15, 0.2) is 0 Å². The van der Waals surface area contributed by atoms with Crippen LogP contribution in [0, 0.1) is 5.41 Å². The molecule has 1 atom stereocenters. The van der Waals surface area contributed by atoms with Crippen LogP contribution < -0.4 is 0 Å². The molecule has 1 aliphatic rings.